The van der Waals surface area contributed by atoms with Crippen LogP contribution in [-0.2, 0) is 30.3 Å². The third kappa shape index (κ3) is 10.9. The van der Waals surface area contributed by atoms with Gasteiger partial charge in [0, 0.05) is 36.0 Å². The van der Waals surface area contributed by atoms with Crippen molar-refractivity contribution in [3.05, 3.63) is 46.5 Å². The molecule has 32 heavy (non-hydrogen) atoms. The maximum atomic E-state index is 11.7. The van der Waals surface area contributed by atoms with Crippen molar-refractivity contribution in [3.63, 3.8) is 0 Å². The topological polar surface area (TPSA) is 102 Å². The minimum absolute atomic E-state index is 0.0413. The first kappa shape index (κ1) is 27.8. The molecular formula is C22H30ClNO7S. The lowest BCUT2D eigenvalue weighted by molar-refractivity contribution is -0.131. The molecule has 1 N–H and O–H groups in total. The van der Waals surface area contributed by atoms with Crippen LogP contribution in [-0.4, -0.2) is 65.6 Å². The third-order valence-corrected chi connectivity index (χ3v) is 5.95. The summed E-state index contributed by atoms with van der Waals surface area (Å²) in [5, 5.41) is 9.91. The quantitative estimate of drug-likeness (QED) is 0.248. The molecule has 2 rings (SSSR count). The first-order valence-corrected chi connectivity index (χ1v) is 11.4. The number of hydrogen-bond donors (Lipinski definition) is 1. The molecule has 0 bridgehead atoms. The molecule has 2 unspecified atom stereocenters. The molecule has 1 fully saturated rings. The van der Waals surface area contributed by atoms with E-state index in [1.807, 2.05) is 24.3 Å². The van der Waals surface area contributed by atoms with E-state index in [1.54, 1.807) is 20.8 Å². The second kappa shape index (κ2) is 14.8. The van der Waals surface area contributed by atoms with Crippen molar-refractivity contribution < 1.29 is 33.7 Å². The van der Waals surface area contributed by atoms with Crippen molar-refractivity contribution in [2.45, 2.75) is 50.5 Å². The summed E-state index contributed by atoms with van der Waals surface area (Å²) in [5.74, 6) is -0.979. The Kier molecular flexibility index (Phi) is 12.8. The Hall–Kier alpha value is -2.23. The first-order chi connectivity index (χ1) is 15.2. The highest BCUT2D eigenvalue weighted by Crippen LogP contribution is 2.32. The van der Waals surface area contributed by atoms with Gasteiger partial charge >= 0.3 is 12.1 Å². The maximum Gasteiger partial charge on any atom is 0.509 e. The van der Waals surface area contributed by atoms with Crippen molar-refractivity contribution in [1.82, 2.24) is 4.90 Å². The zero-order valence-electron chi connectivity index (χ0n) is 18.7. The van der Waals surface area contributed by atoms with Gasteiger partial charge in [-0.25, -0.2) is 9.59 Å². The van der Waals surface area contributed by atoms with Crippen LogP contribution >= 0.6 is 23.4 Å². The smallest absolute Gasteiger partial charge is 0.478 e. The molecule has 10 heteroatoms. The SMILES string of the molecule is CC(C)OC(=O)OC(C)SC1CCN(Cc2ccccc2Cl)C/C1=C\C(=O)O.COC=O. The summed E-state index contributed by atoms with van der Waals surface area (Å²) < 4.78 is 14.1. The van der Waals surface area contributed by atoms with Gasteiger partial charge in [0.2, 0.25) is 0 Å². The molecule has 178 valence electrons. The number of thioether (sulfide) groups is 1. The summed E-state index contributed by atoms with van der Waals surface area (Å²) in [6, 6.07) is 7.64. The average Bonchev–Trinajstić information content (AvgIpc) is 2.70. The minimum atomic E-state index is -0.979. The number of benzene rings is 1. The van der Waals surface area contributed by atoms with Gasteiger partial charge < -0.3 is 19.3 Å². The van der Waals surface area contributed by atoms with Crippen molar-refractivity contribution in [1.29, 1.82) is 0 Å². The molecule has 0 radical (unpaired) electrons. The Morgan fingerprint density at radius 2 is 1.94 bits per heavy atom. The van der Waals surface area contributed by atoms with Crippen LogP contribution in [0, 0.1) is 0 Å². The van der Waals surface area contributed by atoms with E-state index in [2.05, 4.69) is 9.64 Å². The average molecular weight is 488 g/mol. The van der Waals surface area contributed by atoms with Gasteiger partial charge in [-0.2, -0.15) is 0 Å². The fraction of sp³-hybridized carbons (Fsp3) is 0.500. The highest BCUT2D eigenvalue weighted by atomic mass is 35.5. The molecule has 8 nitrogen and oxygen atoms in total. The van der Waals surface area contributed by atoms with E-state index in [-0.39, 0.29) is 11.4 Å². The Bertz CT molecular complexity index is 787. The van der Waals surface area contributed by atoms with Crippen LogP contribution in [0.5, 0.6) is 0 Å². The van der Waals surface area contributed by atoms with E-state index in [9.17, 15) is 14.7 Å². The number of nitrogens with zero attached hydrogens (tertiary/aromatic N) is 1. The monoisotopic (exact) mass is 487 g/mol. The van der Waals surface area contributed by atoms with Gasteiger partial charge in [0.25, 0.3) is 6.47 Å². The second-order valence-corrected chi connectivity index (χ2v) is 9.12. The summed E-state index contributed by atoms with van der Waals surface area (Å²) in [6.07, 6.45) is 1.05. The van der Waals surface area contributed by atoms with Crippen molar-refractivity contribution in [3.8, 4) is 0 Å². The van der Waals surface area contributed by atoms with Gasteiger partial charge in [-0.05, 0) is 44.4 Å². The van der Waals surface area contributed by atoms with E-state index < -0.39 is 17.6 Å². The number of carboxylic acid groups (broad SMARTS) is 1. The van der Waals surface area contributed by atoms with E-state index in [0.717, 1.165) is 24.1 Å². The summed E-state index contributed by atoms with van der Waals surface area (Å²) >= 11 is 7.68. The molecule has 1 aromatic rings. The lowest BCUT2D eigenvalue weighted by atomic mass is 10.0. The molecule has 1 aliphatic rings. The predicted molar refractivity (Wildman–Crippen MR) is 124 cm³/mol. The van der Waals surface area contributed by atoms with Crippen LogP contribution in [0.1, 0.15) is 32.8 Å². The van der Waals surface area contributed by atoms with Gasteiger partial charge in [0.05, 0.1) is 13.2 Å². The number of aliphatic carboxylic acids is 1. The number of carbonyl (C=O) groups excluding carboxylic acids is 2. The number of methoxy groups -OCH3 is 1. The Balaban J connectivity index is 0.00000118. The maximum absolute atomic E-state index is 11.7. The fourth-order valence-corrected chi connectivity index (χ4v) is 4.35. The van der Waals surface area contributed by atoms with Crippen LogP contribution in [0.4, 0.5) is 4.79 Å². The standard InChI is InChI=1S/C20H26ClNO5S.C2H4O2/c1-13(2)26-20(25)27-14(3)28-18-8-9-22(12-16(18)10-19(23)24)11-15-6-4-5-7-17(15)21;1-4-2-3/h4-7,10,13-14,18H,8-9,11-12H2,1-3H3,(H,23,24);2H,1H3/b16-10+;. The Morgan fingerprint density at radius 1 is 1.28 bits per heavy atom. The lowest BCUT2D eigenvalue weighted by Gasteiger charge is -2.35. The molecule has 0 aliphatic carbocycles. The zero-order chi connectivity index (χ0) is 24.1. The zero-order valence-corrected chi connectivity index (χ0v) is 20.2. The molecule has 0 amide bonds. The van der Waals surface area contributed by atoms with Crippen LogP contribution in [0.15, 0.2) is 35.9 Å². The van der Waals surface area contributed by atoms with E-state index in [4.69, 9.17) is 25.9 Å². The van der Waals surface area contributed by atoms with Crippen molar-refractivity contribution in [2.75, 3.05) is 20.2 Å². The number of rotatable bonds is 8. The Labute approximate surface area is 197 Å². The molecule has 1 aromatic carbocycles. The molecule has 2 atom stereocenters. The normalized spacial score (nSPS) is 18.3. The van der Waals surface area contributed by atoms with E-state index in [0.29, 0.717) is 24.6 Å². The van der Waals surface area contributed by atoms with Crippen LogP contribution in [0.2, 0.25) is 5.02 Å². The number of likely N-dealkylation sites (tertiary alicyclic amines) is 1. The number of carboxylic acids is 1. The van der Waals surface area contributed by atoms with Gasteiger partial charge in [0.15, 0.2) is 0 Å². The van der Waals surface area contributed by atoms with E-state index >= 15 is 0 Å². The number of piperidine rings is 1. The number of ether oxygens (including phenoxy) is 3. The lowest BCUT2D eigenvalue weighted by Crippen LogP contribution is -2.37. The largest absolute Gasteiger partial charge is 0.509 e. The number of hydrogen-bond acceptors (Lipinski definition) is 8. The number of halogens is 1. The fourth-order valence-electron chi connectivity index (χ4n) is 2.99. The summed E-state index contributed by atoms with van der Waals surface area (Å²) in [4.78, 5) is 34.1. The van der Waals surface area contributed by atoms with Crippen LogP contribution < -0.4 is 0 Å². The summed E-state index contributed by atoms with van der Waals surface area (Å²) in [6.45, 7) is 7.62. The molecule has 0 aromatic heterocycles. The molecule has 0 spiro atoms. The highest BCUT2D eigenvalue weighted by molar-refractivity contribution is 8.00. The molecule has 1 aliphatic heterocycles. The molecule has 1 saturated heterocycles. The Morgan fingerprint density at radius 3 is 2.50 bits per heavy atom. The van der Waals surface area contributed by atoms with Crippen LogP contribution in [0.25, 0.3) is 0 Å². The number of carbonyl (C=O) groups is 3. The van der Waals surface area contributed by atoms with Crippen molar-refractivity contribution >= 4 is 42.0 Å². The van der Waals surface area contributed by atoms with Gasteiger partial charge in [0.1, 0.15) is 5.44 Å². The van der Waals surface area contributed by atoms with Crippen molar-refractivity contribution in [2.24, 2.45) is 0 Å². The van der Waals surface area contributed by atoms with E-state index in [1.165, 1.54) is 24.9 Å². The molecular weight excluding hydrogens is 458 g/mol. The second-order valence-electron chi connectivity index (χ2n) is 7.21. The minimum Gasteiger partial charge on any atom is -0.478 e. The summed E-state index contributed by atoms with van der Waals surface area (Å²) in [7, 11) is 1.31. The predicted octanol–water partition coefficient (Wildman–Crippen LogP) is 4.36. The summed E-state index contributed by atoms with van der Waals surface area (Å²) in [5.41, 5.74) is 1.37. The van der Waals surface area contributed by atoms with Crippen LogP contribution in [0.3, 0.4) is 0 Å². The molecule has 0 saturated carbocycles. The van der Waals surface area contributed by atoms with Gasteiger partial charge in [-0.3, -0.25) is 9.69 Å². The first-order valence-electron chi connectivity index (χ1n) is 10.0. The van der Waals surface area contributed by atoms with Gasteiger partial charge in [-0.15, -0.1) is 11.8 Å². The molecule has 1 heterocycles. The highest BCUT2D eigenvalue weighted by Gasteiger charge is 2.28. The van der Waals surface area contributed by atoms with Gasteiger partial charge in [-0.1, -0.05) is 29.8 Å². The third-order valence-electron chi connectivity index (χ3n) is 4.23.